The van der Waals surface area contributed by atoms with Gasteiger partial charge in [-0.1, -0.05) is 6.58 Å². The van der Waals surface area contributed by atoms with Crippen LogP contribution in [0.4, 0.5) is 4.79 Å². The number of hydrogen-bond acceptors (Lipinski definition) is 4. The summed E-state index contributed by atoms with van der Waals surface area (Å²) in [4.78, 5) is 25.5. The molecule has 0 radical (unpaired) electrons. The Balaban J connectivity index is 1.78. The van der Waals surface area contributed by atoms with Gasteiger partial charge in [0.2, 0.25) is 0 Å². The van der Waals surface area contributed by atoms with Crippen LogP contribution >= 0.6 is 0 Å². The first-order valence-electron chi connectivity index (χ1n) is 8.05. The van der Waals surface area contributed by atoms with E-state index >= 15 is 0 Å². The van der Waals surface area contributed by atoms with E-state index in [0.29, 0.717) is 13.0 Å². The number of carbonyl (C=O) groups is 2. The van der Waals surface area contributed by atoms with Gasteiger partial charge in [0.15, 0.2) is 0 Å². The van der Waals surface area contributed by atoms with Gasteiger partial charge in [-0.3, -0.25) is 9.58 Å². The number of aliphatic carboxylic acids is 1. The minimum atomic E-state index is -0.986. The van der Waals surface area contributed by atoms with Gasteiger partial charge in [-0.2, -0.15) is 5.10 Å². The van der Waals surface area contributed by atoms with Crippen LogP contribution < -0.4 is 0 Å². The number of ether oxygens (including phenoxy) is 1. The van der Waals surface area contributed by atoms with Crippen LogP contribution in [0.25, 0.3) is 6.08 Å². The number of fused-ring (bicyclic) bond motifs is 1. The smallest absolute Gasteiger partial charge is 0.411 e. The van der Waals surface area contributed by atoms with Crippen molar-refractivity contribution in [1.82, 2.24) is 14.7 Å². The summed E-state index contributed by atoms with van der Waals surface area (Å²) >= 11 is 0. The van der Waals surface area contributed by atoms with Gasteiger partial charge >= 0.3 is 12.1 Å². The summed E-state index contributed by atoms with van der Waals surface area (Å²) in [5, 5.41) is 13.9. The van der Waals surface area contributed by atoms with Crippen LogP contribution in [-0.4, -0.2) is 49.5 Å². The summed E-state index contributed by atoms with van der Waals surface area (Å²) in [5.41, 5.74) is -0.105. The van der Waals surface area contributed by atoms with Gasteiger partial charge < -0.3 is 9.84 Å². The number of rotatable bonds is 4. The quantitative estimate of drug-likeness (QED) is 0.914. The van der Waals surface area contributed by atoms with Crippen molar-refractivity contribution in [3.05, 3.63) is 24.5 Å². The predicted molar refractivity (Wildman–Crippen MR) is 87.3 cm³/mol. The molecule has 7 heteroatoms. The van der Waals surface area contributed by atoms with E-state index in [9.17, 15) is 14.7 Å². The van der Waals surface area contributed by atoms with Crippen molar-refractivity contribution >= 4 is 18.1 Å². The molecule has 1 N–H and O–H groups in total. The number of aromatic nitrogens is 2. The minimum Gasteiger partial charge on any atom is -0.480 e. The molecule has 130 valence electrons. The number of nitrogens with zero attached hydrogens (tertiary/aromatic N) is 3. The van der Waals surface area contributed by atoms with Gasteiger partial charge in [-0.15, -0.1) is 0 Å². The fraction of sp³-hybridized carbons (Fsp3) is 0.588. The van der Waals surface area contributed by atoms with E-state index in [1.54, 1.807) is 31.5 Å². The molecule has 24 heavy (non-hydrogen) atoms. The number of carbonyl (C=O) groups excluding carboxylic acids is 1. The molecule has 1 aliphatic heterocycles. The number of piperidine rings is 1. The minimum absolute atomic E-state index is 0.107. The molecule has 1 saturated heterocycles. The van der Waals surface area contributed by atoms with Gasteiger partial charge in [0.05, 0.1) is 5.69 Å². The maximum Gasteiger partial charge on any atom is 0.411 e. The normalized spacial score (nSPS) is 28.4. The van der Waals surface area contributed by atoms with Crippen LogP contribution in [0.5, 0.6) is 0 Å². The third-order valence-electron chi connectivity index (χ3n) is 4.65. The van der Waals surface area contributed by atoms with Crippen LogP contribution in [0, 0.1) is 5.41 Å². The first kappa shape index (κ1) is 16.5. The Labute approximate surface area is 140 Å². The molecule has 0 bridgehead atoms. The topological polar surface area (TPSA) is 84.7 Å². The number of likely N-dealkylation sites (tertiary alicyclic amines) is 1. The Morgan fingerprint density at radius 3 is 2.75 bits per heavy atom. The molecule has 1 unspecified atom stereocenters. The summed E-state index contributed by atoms with van der Waals surface area (Å²) in [7, 11) is 0. The lowest BCUT2D eigenvalue weighted by molar-refractivity contribution is -0.142. The highest BCUT2D eigenvalue weighted by molar-refractivity contribution is 5.82. The molecule has 2 aliphatic rings. The van der Waals surface area contributed by atoms with E-state index in [2.05, 4.69) is 11.7 Å². The van der Waals surface area contributed by atoms with Crippen molar-refractivity contribution in [2.24, 2.45) is 5.41 Å². The third kappa shape index (κ3) is 2.90. The van der Waals surface area contributed by atoms with Gasteiger partial charge in [-0.25, -0.2) is 9.59 Å². The van der Waals surface area contributed by atoms with Crippen molar-refractivity contribution in [2.45, 2.75) is 57.8 Å². The molecule has 1 aliphatic carbocycles. The van der Waals surface area contributed by atoms with Crippen molar-refractivity contribution < 1.29 is 19.4 Å². The van der Waals surface area contributed by atoms with E-state index in [0.717, 1.165) is 12.1 Å². The molecule has 0 aromatic carbocycles. The Kier molecular flexibility index (Phi) is 3.69. The summed E-state index contributed by atoms with van der Waals surface area (Å²) in [5.74, 6) is -0.986. The van der Waals surface area contributed by atoms with E-state index < -0.39 is 23.7 Å². The van der Waals surface area contributed by atoms with Gasteiger partial charge in [-0.05, 0) is 45.8 Å². The molecule has 2 fully saturated rings. The number of carboxylic acid groups (broad SMARTS) is 1. The summed E-state index contributed by atoms with van der Waals surface area (Å²) in [6.45, 7) is 9.60. The molecule has 7 nitrogen and oxygen atoms in total. The lowest BCUT2D eigenvalue weighted by Crippen LogP contribution is -2.45. The number of hydrogen-bond donors (Lipinski definition) is 1. The van der Waals surface area contributed by atoms with Gasteiger partial charge in [0.25, 0.3) is 0 Å². The largest absolute Gasteiger partial charge is 0.480 e. The highest BCUT2D eigenvalue weighted by Gasteiger charge is 2.68. The highest BCUT2D eigenvalue weighted by atomic mass is 16.6. The maximum atomic E-state index is 12.5. The van der Waals surface area contributed by atoms with E-state index in [1.165, 1.54) is 4.90 Å². The molecule has 0 spiro atoms. The second kappa shape index (κ2) is 5.36. The Morgan fingerprint density at radius 1 is 1.50 bits per heavy atom. The van der Waals surface area contributed by atoms with Crippen molar-refractivity contribution in [3.8, 4) is 0 Å². The molecule has 2 heterocycles. The zero-order chi connectivity index (χ0) is 17.7. The molecule has 3 rings (SSSR count). The summed E-state index contributed by atoms with van der Waals surface area (Å²) < 4.78 is 7.20. The van der Waals surface area contributed by atoms with Crippen molar-refractivity contribution in [2.75, 3.05) is 0 Å². The average Bonchev–Trinajstić information content (AvgIpc) is 2.82. The van der Waals surface area contributed by atoms with Crippen molar-refractivity contribution in [1.29, 1.82) is 0 Å². The summed E-state index contributed by atoms with van der Waals surface area (Å²) in [6, 6.07) is 0.911. The Bertz CT molecular complexity index is 690. The van der Waals surface area contributed by atoms with E-state index in [-0.39, 0.29) is 11.5 Å². The second-order valence-electron chi connectivity index (χ2n) is 7.67. The van der Waals surface area contributed by atoms with Gasteiger partial charge in [0, 0.05) is 24.2 Å². The van der Waals surface area contributed by atoms with E-state index in [1.807, 2.05) is 12.3 Å². The predicted octanol–water partition coefficient (Wildman–Crippen LogP) is 2.38. The van der Waals surface area contributed by atoms with Crippen LogP contribution in [-0.2, 0) is 16.1 Å². The lowest BCUT2D eigenvalue weighted by atomic mass is 10.00. The third-order valence-corrected chi connectivity index (χ3v) is 4.65. The second-order valence-corrected chi connectivity index (χ2v) is 7.67. The van der Waals surface area contributed by atoms with Crippen LogP contribution in [0.15, 0.2) is 18.8 Å². The number of amides is 1. The standard InChI is InChI=1S/C17H23N3O4/c1-5-11-6-7-19(18-11)10-17-8-12(14(21)22)20(13(17)9-17)15(23)24-16(2,3)4/h5-7,12-13H,1,8-10H2,2-4H3,(H,21,22)/t12-,13?,17-/m0/s1. The van der Waals surface area contributed by atoms with E-state index in [4.69, 9.17) is 4.74 Å². The van der Waals surface area contributed by atoms with Crippen molar-refractivity contribution in [3.63, 3.8) is 0 Å². The first-order chi connectivity index (χ1) is 11.1. The van der Waals surface area contributed by atoms with Crippen LogP contribution in [0.3, 0.4) is 0 Å². The molecule has 1 aromatic rings. The first-order valence-corrected chi connectivity index (χ1v) is 8.05. The molecule has 1 saturated carbocycles. The molecular weight excluding hydrogens is 310 g/mol. The van der Waals surface area contributed by atoms with Gasteiger partial charge in [0.1, 0.15) is 11.6 Å². The molecule has 3 atom stereocenters. The molecular formula is C17H23N3O4. The monoisotopic (exact) mass is 333 g/mol. The maximum absolute atomic E-state index is 12.5. The zero-order valence-electron chi connectivity index (χ0n) is 14.2. The van der Waals surface area contributed by atoms with Crippen LogP contribution in [0.2, 0.25) is 0 Å². The lowest BCUT2D eigenvalue weighted by Gasteiger charge is -2.28. The summed E-state index contributed by atoms with van der Waals surface area (Å²) in [6.07, 6.45) is 4.17. The van der Waals surface area contributed by atoms with Crippen LogP contribution in [0.1, 0.15) is 39.3 Å². The Morgan fingerprint density at radius 2 is 2.21 bits per heavy atom. The Hall–Kier alpha value is -2.31. The number of carboxylic acids is 1. The fourth-order valence-electron chi connectivity index (χ4n) is 3.55. The zero-order valence-corrected chi connectivity index (χ0v) is 14.2. The molecule has 1 aromatic heterocycles. The SMILES string of the molecule is C=Cc1ccn(C[C@]23CC2N(C(=O)OC(C)(C)C)[C@H](C(=O)O)C3)n1. The average molecular weight is 333 g/mol. The highest BCUT2D eigenvalue weighted by Crippen LogP contribution is 2.60. The molecule has 1 amide bonds. The fourth-order valence-corrected chi connectivity index (χ4v) is 3.55.